The first-order chi connectivity index (χ1) is 18.4. The predicted octanol–water partition coefficient (Wildman–Crippen LogP) is 6.86. The molecule has 0 aliphatic heterocycles. The van der Waals surface area contributed by atoms with Gasteiger partial charge in [-0.05, 0) is 72.3 Å². The first-order valence-corrected chi connectivity index (χ1v) is 12.9. The van der Waals surface area contributed by atoms with Crippen molar-refractivity contribution >= 4 is 52.7 Å². The number of halogens is 2. The van der Waals surface area contributed by atoms with Gasteiger partial charge in [-0.15, -0.1) is 11.8 Å². The molecule has 0 aliphatic carbocycles. The molecule has 0 aromatic heterocycles. The molecule has 2 amide bonds. The molecule has 0 aliphatic rings. The number of amides is 2. The highest BCUT2D eigenvalue weighted by Gasteiger charge is 2.15. The lowest BCUT2D eigenvalue weighted by molar-refractivity contribution is -0.113. The number of nitrogens with one attached hydrogen (secondary N) is 2. The van der Waals surface area contributed by atoms with Crippen molar-refractivity contribution in [1.82, 2.24) is 5.32 Å². The van der Waals surface area contributed by atoms with Crippen molar-refractivity contribution in [2.45, 2.75) is 4.90 Å². The van der Waals surface area contributed by atoms with Crippen molar-refractivity contribution in [2.24, 2.45) is 0 Å². The normalized spacial score (nSPS) is 11.1. The maximum Gasteiger partial charge on any atom is 0.272 e. The highest BCUT2D eigenvalue weighted by Crippen LogP contribution is 2.24. The van der Waals surface area contributed by atoms with E-state index in [1.807, 2.05) is 0 Å². The summed E-state index contributed by atoms with van der Waals surface area (Å²) in [6.07, 6.45) is 1.47. The summed E-state index contributed by atoms with van der Waals surface area (Å²) < 4.78 is 13.3. The molecule has 0 unspecified atom stereocenters. The van der Waals surface area contributed by atoms with E-state index in [-0.39, 0.29) is 17.2 Å². The van der Waals surface area contributed by atoms with E-state index in [2.05, 4.69) is 10.6 Å². The van der Waals surface area contributed by atoms with Gasteiger partial charge >= 0.3 is 0 Å². The molecule has 0 radical (unpaired) electrons. The molecule has 190 valence electrons. The Morgan fingerprint density at radius 3 is 2.16 bits per heavy atom. The molecule has 8 heteroatoms. The summed E-state index contributed by atoms with van der Waals surface area (Å²) in [5.41, 5.74) is 1.89. The van der Waals surface area contributed by atoms with Crippen molar-refractivity contribution < 1.29 is 18.8 Å². The van der Waals surface area contributed by atoms with Crippen LogP contribution in [0.4, 0.5) is 10.1 Å². The molecule has 38 heavy (non-hydrogen) atoms. The van der Waals surface area contributed by atoms with Crippen LogP contribution in [0.3, 0.4) is 0 Å². The lowest BCUT2D eigenvalue weighted by atomic mass is 10.1. The number of hydrogen-bond donors (Lipinski definition) is 2. The fourth-order valence-corrected chi connectivity index (χ4v) is 4.44. The fourth-order valence-electron chi connectivity index (χ4n) is 3.41. The number of carbonyl (C=O) groups excluding carboxylic acids is 3. The summed E-state index contributed by atoms with van der Waals surface area (Å²) >= 11 is 7.46. The molecule has 0 heterocycles. The van der Waals surface area contributed by atoms with Gasteiger partial charge in [0.15, 0.2) is 5.78 Å². The molecule has 0 spiro atoms. The predicted molar refractivity (Wildman–Crippen MR) is 150 cm³/mol. The molecule has 0 fully saturated rings. The zero-order chi connectivity index (χ0) is 26.9. The average molecular weight is 545 g/mol. The van der Waals surface area contributed by atoms with Crippen LogP contribution >= 0.6 is 23.4 Å². The number of anilines is 1. The summed E-state index contributed by atoms with van der Waals surface area (Å²) in [5.74, 6) is -1.28. The quantitative estimate of drug-likeness (QED) is 0.137. The van der Waals surface area contributed by atoms with Crippen molar-refractivity contribution in [3.8, 4) is 0 Å². The third-order valence-electron chi connectivity index (χ3n) is 5.37. The van der Waals surface area contributed by atoms with Gasteiger partial charge < -0.3 is 10.6 Å². The van der Waals surface area contributed by atoms with Crippen LogP contribution in [0.1, 0.15) is 26.3 Å². The SMILES string of the molecule is O=C(Nc1ccc(SCC(=O)c2ccccc2Cl)cc1)/C(=C/c1ccc(F)cc1)NC(=O)c1ccccc1. The van der Waals surface area contributed by atoms with Gasteiger partial charge in [-0.25, -0.2) is 4.39 Å². The van der Waals surface area contributed by atoms with Crippen LogP contribution in [-0.2, 0) is 4.79 Å². The highest BCUT2D eigenvalue weighted by molar-refractivity contribution is 8.00. The Morgan fingerprint density at radius 2 is 1.47 bits per heavy atom. The standard InChI is InChI=1S/C30H22ClFN2O3S/c31-26-9-5-4-8-25(26)28(35)19-38-24-16-14-23(15-17-24)33-30(37)27(18-20-10-12-22(32)13-11-20)34-29(36)21-6-2-1-3-7-21/h1-18H,19H2,(H,33,37)(H,34,36)/b27-18-. The van der Waals surface area contributed by atoms with E-state index in [0.29, 0.717) is 27.4 Å². The summed E-state index contributed by atoms with van der Waals surface area (Å²) in [6, 6.07) is 27.9. The zero-order valence-electron chi connectivity index (χ0n) is 20.0. The molecule has 0 bridgehead atoms. The van der Waals surface area contributed by atoms with Crippen LogP contribution in [-0.4, -0.2) is 23.4 Å². The van der Waals surface area contributed by atoms with Gasteiger partial charge in [-0.1, -0.05) is 54.1 Å². The van der Waals surface area contributed by atoms with E-state index in [9.17, 15) is 18.8 Å². The first-order valence-electron chi connectivity index (χ1n) is 11.5. The van der Waals surface area contributed by atoms with Crippen molar-refractivity contribution in [3.05, 3.63) is 136 Å². The minimum atomic E-state index is -0.548. The van der Waals surface area contributed by atoms with Crippen LogP contribution in [0.5, 0.6) is 0 Å². The van der Waals surface area contributed by atoms with Gasteiger partial charge in [0.2, 0.25) is 0 Å². The smallest absolute Gasteiger partial charge is 0.272 e. The number of thioether (sulfide) groups is 1. The maximum absolute atomic E-state index is 13.3. The van der Waals surface area contributed by atoms with Crippen LogP contribution < -0.4 is 10.6 Å². The largest absolute Gasteiger partial charge is 0.321 e. The van der Waals surface area contributed by atoms with Crippen LogP contribution in [0.15, 0.2) is 114 Å². The van der Waals surface area contributed by atoms with E-state index in [0.717, 1.165) is 4.90 Å². The third kappa shape index (κ3) is 7.41. The van der Waals surface area contributed by atoms with E-state index in [1.54, 1.807) is 78.9 Å². The van der Waals surface area contributed by atoms with Gasteiger partial charge in [0.05, 0.1) is 10.8 Å². The summed E-state index contributed by atoms with van der Waals surface area (Å²) in [4.78, 5) is 39.1. The minimum Gasteiger partial charge on any atom is -0.321 e. The summed E-state index contributed by atoms with van der Waals surface area (Å²) in [7, 11) is 0. The Kier molecular flexibility index (Phi) is 9.08. The Morgan fingerprint density at radius 1 is 0.816 bits per heavy atom. The molecule has 2 N–H and O–H groups in total. The Balaban J connectivity index is 1.44. The number of ketones is 1. The number of carbonyl (C=O) groups is 3. The van der Waals surface area contributed by atoms with Gasteiger partial charge in [0.1, 0.15) is 11.5 Å². The van der Waals surface area contributed by atoms with Crippen molar-refractivity contribution in [2.75, 3.05) is 11.1 Å². The maximum atomic E-state index is 13.3. The van der Waals surface area contributed by atoms with E-state index in [4.69, 9.17) is 11.6 Å². The average Bonchev–Trinajstić information content (AvgIpc) is 2.94. The van der Waals surface area contributed by atoms with Gasteiger partial charge in [0, 0.05) is 21.7 Å². The third-order valence-corrected chi connectivity index (χ3v) is 6.71. The van der Waals surface area contributed by atoms with Crippen LogP contribution in [0.2, 0.25) is 5.02 Å². The molecule has 4 aromatic rings. The molecule has 4 aromatic carbocycles. The molecule has 0 saturated heterocycles. The van der Waals surface area contributed by atoms with Crippen molar-refractivity contribution in [1.29, 1.82) is 0 Å². The second kappa shape index (κ2) is 12.9. The van der Waals surface area contributed by atoms with Gasteiger partial charge in [-0.2, -0.15) is 0 Å². The van der Waals surface area contributed by atoms with Gasteiger partial charge in [-0.3, -0.25) is 14.4 Å². The Labute approximate surface area is 228 Å². The lowest BCUT2D eigenvalue weighted by Crippen LogP contribution is -2.30. The monoisotopic (exact) mass is 544 g/mol. The Hall–Kier alpha value is -4.20. The number of rotatable bonds is 9. The summed E-state index contributed by atoms with van der Waals surface area (Å²) in [5, 5.41) is 5.83. The molecule has 5 nitrogen and oxygen atoms in total. The van der Waals surface area contributed by atoms with Crippen LogP contribution in [0.25, 0.3) is 6.08 Å². The number of benzene rings is 4. The number of hydrogen-bond acceptors (Lipinski definition) is 4. The topological polar surface area (TPSA) is 75.3 Å². The van der Waals surface area contributed by atoms with Crippen molar-refractivity contribution in [3.63, 3.8) is 0 Å². The molecule has 4 rings (SSSR count). The second-order valence-corrected chi connectivity index (χ2v) is 9.56. The van der Waals surface area contributed by atoms with Crippen LogP contribution in [0, 0.1) is 5.82 Å². The van der Waals surface area contributed by atoms with E-state index in [1.165, 1.54) is 42.1 Å². The highest BCUT2D eigenvalue weighted by atomic mass is 35.5. The second-order valence-electron chi connectivity index (χ2n) is 8.10. The molecular weight excluding hydrogens is 523 g/mol. The number of Topliss-reactive ketones (excluding diaryl/α,β-unsaturated/α-hetero) is 1. The molecular formula is C30H22ClFN2O3S. The first kappa shape index (κ1) is 26.9. The minimum absolute atomic E-state index is 0.00532. The molecule has 0 saturated carbocycles. The Bertz CT molecular complexity index is 1470. The summed E-state index contributed by atoms with van der Waals surface area (Å²) in [6.45, 7) is 0. The van der Waals surface area contributed by atoms with E-state index < -0.39 is 17.6 Å². The lowest BCUT2D eigenvalue weighted by Gasteiger charge is -2.12. The molecule has 0 atom stereocenters. The zero-order valence-corrected chi connectivity index (χ0v) is 21.6. The van der Waals surface area contributed by atoms with E-state index >= 15 is 0 Å². The fraction of sp³-hybridized carbons (Fsp3) is 0.0333. The van der Waals surface area contributed by atoms with Gasteiger partial charge in [0.25, 0.3) is 11.8 Å².